The van der Waals surface area contributed by atoms with Gasteiger partial charge in [-0.25, -0.2) is 4.72 Å². The van der Waals surface area contributed by atoms with Crippen LogP contribution in [0.25, 0.3) is 0 Å². The van der Waals surface area contributed by atoms with E-state index < -0.39 is 12.0 Å². The number of benzene rings is 1. The Balaban J connectivity index is 2.51. The third-order valence-electron chi connectivity index (χ3n) is 2.35. The van der Waals surface area contributed by atoms with Crippen LogP contribution in [0.2, 0.25) is 0 Å². The molecule has 0 bridgehead atoms. The van der Waals surface area contributed by atoms with Crippen LogP contribution in [0.15, 0.2) is 29.2 Å². The van der Waals surface area contributed by atoms with Gasteiger partial charge >= 0.3 is 5.97 Å². The molecule has 0 aliphatic rings. The van der Waals surface area contributed by atoms with Gasteiger partial charge in [-0.05, 0) is 43.3 Å². The fourth-order valence-corrected chi connectivity index (χ4v) is 2.16. The van der Waals surface area contributed by atoms with Crippen molar-refractivity contribution in [3.63, 3.8) is 0 Å². The first kappa shape index (κ1) is 14.1. The average Bonchev–Trinajstić information content (AvgIpc) is 2.25. The number of rotatable bonds is 6. The Morgan fingerprint density at radius 1 is 1.35 bits per heavy atom. The maximum Gasteiger partial charge on any atom is 0.321 e. The lowest BCUT2D eigenvalue weighted by atomic mass is 10.1. The van der Waals surface area contributed by atoms with Crippen LogP contribution in [0.4, 0.5) is 0 Å². The fraction of sp³-hybridized carbons (Fsp3) is 0.462. The van der Waals surface area contributed by atoms with E-state index >= 15 is 0 Å². The van der Waals surface area contributed by atoms with E-state index in [0.29, 0.717) is 12.3 Å². The van der Waals surface area contributed by atoms with Gasteiger partial charge in [-0.15, -0.1) is 0 Å². The Labute approximate surface area is 107 Å². The second kappa shape index (κ2) is 6.67. The van der Waals surface area contributed by atoms with Crippen molar-refractivity contribution in [3.05, 3.63) is 29.8 Å². The lowest BCUT2D eigenvalue weighted by Crippen LogP contribution is -2.33. The van der Waals surface area contributed by atoms with E-state index in [1.807, 2.05) is 45.0 Å². The Kier molecular flexibility index (Phi) is 5.51. The zero-order valence-corrected chi connectivity index (χ0v) is 11.3. The number of carbonyl (C=O) groups is 1. The summed E-state index contributed by atoms with van der Waals surface area (Å²) in [7, 11) is 0. The molecule has 0 heterocycles. The lowest BCUT2D eigenvalue weighted by Gasteiger charge is -2.15. The first-order chi connectivity index (χ1) is 7.99. The van der Waals surface area contributed by atoms with Crippen LogP contribution >= 0.6 is 11.9 Å². The minimum Gasteiger partial charge on any atom is -0.480 e. The SMILES string of the molecule is Cc1ccc(SNC(CC(C)C)C(=O)O)cc1. The predicted octanol–water partition coefficient (Wildman–Crippen LogP) is 3.09. The quantitative estimate of drug-likeness (QED) is 0.765. The molecule has 1 aromatic rings. The number of carboxylic acids is 1. The molecule has 2 N–H and O–H groups in total. The molecular weight excluding hydrogens is 234 g/mol. The number of hydrogen-bond donors (Lipinski definition) is 2. The number of aliphatic carboxylic acids is 1. The molecule has 1 aromatic carbocycles. The van der Waals surface area contributed by atoms with E-state index in [1.165, 1.54) is 17.5 Å². The van der Waals surface area contributed by atoms with Crippen molar-refractivity contribution in [2.24, 2.45) is 5.92 Å². The van der Waals surface area contributed by atoms with Crippen molar-refractivity contribution in [2.45, 2.75) is 38.1 Å². The van der Waals surface area contributed by atoms with Crippen LogP contribution in [0.1, 0.15) is 25.8 Å². The summed E-state index contributed by atoms with van der Waals surface area (Å²) < 4.78 is 3.00. The maximum atomic E-state index is 11.0. The number of nitrogens with one attached hydrogen (secondary N) is 1. The summed E-state index contributed by atoms with van der Waals surface area (Å²) in [6.45, 7) is 6.07. The first-order valence-corrected chi connectivity index (χ1v) is 6.52. The molecule has 0 aliphatic carbocycles. The van der Waals surface area contributed by atoms with E-state index in [1.54, 1.807) is 0 Å². The largest absolute Gasteiger partial charge is 0.480 e. The zero-order valence-electron chi connectivity index (χ0n) is 10.4. The maximum absolute atomic E-state index is 11.0. The molecule has 17 heavy (non-hydrogen) atoms. The number of hydrogen-bond acceptors (Lipinski definition) is 3. The van der Waals surface area contributed by atoms with Crippen LogP contribution in [-0.4, -0.2) is 17.1 Å². The topological polar surface area (TPSA) is 49.3 Å². The van der Waals surface area contributed by atoms with Gasteiger partial charge in [0.05, 0.1) is 0 Å². The molecule has 3 nitrogen and oxygen atoms in total. The summed E-state index contributed by atoms with van der Waals surface area (Å²) >= 11 is 1.38. The van der Waals surface area contributed by atoms with E-state index in [9.17, 15) is 4.79 Å². The smallest absolute Gasteiger partial charge is 0.321 e. The van der Waals surface area contributed by atoms with Crippen molar-refractivity contribution >= 4 is 17.9 Å². The molecule has 0 saturated carbocycles. The Morgan fingerprint density at radius 3 is 2.41 bits per heavy atom. The number of carboxylic acid groups (broad SMARTS) is 1. The minimum atomic E-state index is -0.793. The van der Waals surface area contributed by atoms with Crippen molar-refractivity contribution in [1.29, 1.82) is 0 Å². The third-order valence-corrected chi connectivity index (χ3v) is 3.26. The highest BCUT2D eigenvalue weighted by molar-refractivity contribution is 7.97. The van der Waals surface area contributed by atoms with Gasteiger partial charge in [0.2, 0.25) is 0 Å². The molecule has 1 unspecified atom stereocenters. The van der Waals surface area contributed by atoms with Crippen molar-refractivity contribution in [3.8, 4) is 0 Å². The summed E-state index contributed by atoms with van der Waals surface area (Å²) in [4.78, 5) is 12.1. The highest BCUT2D eigenvalue weighted by atomic mass is 32.2. The highest BCUT2D eigenvalue weighted by Gasteiger charge is 2.18. The second-order valence-corrected chi connectivity index (χ2v) is 5.46. The van der Waals surface area contributed by atoms with Crippen LogP contribution in [0, 0.1) is 12.8 Å². The van der Waals surface area contributed by atoms with Gasteiger partial charge in [0.25, 0.3) is 0 Å². The van der Waals surface area contributed by atoms with Crippen molar-refractivity contribution in [1.82, 2.24) is 4.72 Å². The lowest BCUT2D eigenvalue weighted by molar-refractivity contribution is -0.139. The monoisotopic (exact) mass is 253 g/mol. The van der Waals surface area contributed by atoms with E-state index in [2.05, 4.69) is 4.72 Å². The molecule has 0 aliphatic heterocycles. The molecule has 1 atom stereocenters. The highest BCUT2D eigenvalue weighted by Crippen LogP contribution is 2.17. The fourth-order valence-electron chi connectivity index (χ4n) is 1.42. The summed E-state index contributed by atoms with van der Waals surface area (Å²) in [5, 5.41) is 9.07. The minimum absolute atomic E-state index is 0.363. The molecule has 0 saturated heterocycles. The Morgan fingerprint density at radius 2 is 1.94 bits per heavy atom. The van der Waals surface area contributed by atoms with E-state index in [-0.39, 0.29) is 0 Å². The molecule has 0 aromatic heterocycles. The molecule has 0 amide bonds. The van der Waals surface area contributed by atoms with Crippen LogP contribution in [-0.2, 0) is 4.79 Å². The van der Waals surface area contributed by atoms with Gasteiger partial charge < -0.3 is 5.11 Å². The summed E-state index contributed by atoms with van der Waals surface area (Å²) in [5.41, 5.74) is 1.20. The number of aryl methyl sites for hydroxylation is 1. The Hall–Kier alpha value is -1.00. The van der Waals surface area contributed by atoms with Crippen LogP contribution in [0.5, 0.6) is 0 Å². The van der Waals surface area contributed by atoms with Gasteiger partial charge in [0, 0.05) is 4.90 Å². The molecule has 1 rings (SSSR count). The Bertz CT molecular complexity index is 362. The van der Waals surface area contributed by atoms with Crippen LogP contribution in [0.3, 0.4) is 0 Å². The van der Waals surface area contributed by atoms with Gasteiger partial charge in [0.1, 0.15) is 6.04 Å². The van der Waals surface area contributed by atoms with Gasteiger partial charge in [-0.1, -0.05) is 31.5 Å². The second-order valence-electron chi connectivity index (χ2n) is 4.55. The summed E-state index contributed by atoms with van der Waals surface area (Å²) in [6, 6.07) is 7.51. The van der Waals surface area contributed by atoms with Crippen LogP contribution < -0.4 is 4.72 Å². The zero-order chi connectivity index (χ0) is 12.8. The van der Waals surface area contributed by atoms with Gasteiger partial charge in [-0.2, -0.15) is 0 Å². The summed E-state index contributed by atoms with van der Waals surface area (Å²) in [6.07, 6.45) is 0.633. The molecule has 0 fully saturated rings. The molecule has 0 spiro atoms. The normalized spacial score (nSPS) is 12.7. The molecule has 94 valence electrons. The van der Waals surface area contributed by atoms with E-state index in [0.717, 1.165) is 4.90 Å². The molecule has 4 heteroatoms. The third kappa shape index (κ3) is 5.24. The van der Waals surface area contributed by atoms with Crippen molar-refractivity contribution < 1.29 is 9.90 Å². The summed E-state index contributed by atoms with van der Waals surface area (Å²) in [5.74, 6) is -0.430. The first-order valence-electron chi connectivity index (χ1n) is 5.71. The predicted molar refractivity (Wildman–Crippen MR) is 71.1 cm³/mol. The van der Waals surface area contributed by atoms with Gasteiger partial charge in [0.15, 0.2) is 0 Å². The van der Waals surface area contributed by atoms with E-state index in [4.69, 9.17) is 5.11 Å². The molecular formula is C13H19NO2S. The van der Waals surface area contributed by atoms with Crippen molar-refractivity contribution in [2.75, 3.05) is 0 Å². The van der Waals surface area contributed by atoms with Gasteiger partial charge in [-0.3, -0.25) is 4.79 Å². The average molecular weight is 253 g/mol. The molecule has 0 radical (unpaired) electrons. The standard InChI is InChI=1S/C13H19NO2S/c1-9(2)8-12(13(15)16)14-17-11-6-4-10(3)5-7-11/h4-7,9,12,14H,8H2,1-3H3,(H,15,16).